The highest BCUT2D eigenvalue weighted by atomic mass is 16.5. The van der Waals surface area contributed by atoms with Gasteiger partial charge in [-0.3, -0.25) is 0 Å². The van der Waals surface area contributed by atoms with Crippen molar-refractivity contribution < 1.29 is 4.74 Å². The molecular formula is C16H28N2O. The molecule has 0 fully saturated rings. The zero-order chi connectivity index (χ0) is 14.6. The minimum Gasteiger partial charge on any atom is -0.496 e. The van der Waals surface area contributed by atoms with Crippen molar-refractivity contribution in [3.63, 3.8) is 0 Å². The van der Waals surface area contributed by atoms with Crippen LogP contribution in [0.5, 0.6) is 5.75 Å². The highest BCUT2D eigenvalue weighted by molar-refractivity contribution is 5.61. The lowest BCUT2D eigenvalue weighted by Crippen LogP contribution is -2.26. The fraction of sp³-hybridized carbons (Fsp3) is 0.625. The molecule has 0 aliphatic heterocycles. The van der Waals surface area contributed by atoms with E-state index >= 15 is 0 Å². The Hall–Kier alpha value is -1.22. The summed E-state index contributed by atoms with van der Waals surface area (Å²) in [5, 5.41) is 3.56. The smallest absolute Gasteiger partial charge is 0.125 e. The summed E-state index contributed by atoms with van der Waals surface area (Å²) >= 11 is 0. The highest BCUT2D eigenvalue weighted by Gasteiger charge is 2.18. The molecule has 0 heterocycles. The molecule has 0 saturated carbocycles. The fourth-order valence-electron chi connectivity index (χ4n) is 2.37. The summed E-state index contributed by atoms with van der Waals surface area (Å²) in [4.78, 5) is 0. The van der Waals surface area contributed by atoms with Gasteiger partial charge in [0.25, 0.3) is 0 Å². The Labute approximate surface area is 117 Å². The molecule has 1 aromatic carbocycles. The van der Waals surface area contributed by atoms with Crippen molar-refractivity contribution in [2.24, 2.45) is 11.1 Å². The number of hydrogen-bond donors (Lipinski definition) is 2. The van der Waals surface area contributed by atoms with Crippen LogP contribution in [0.15, 0.2) is 6.07 Å². The summed E-state index contributed by atoms with van der Waals surface area (Å²) in [6.07, 6.45) is 1.02. The largest absolute Gasteiger partial charge is 0.496 e. The first-order valence-corrected chi connectivity index (χ1v) is 6.91. The Balaban J connectivity index is 2.91. The monoisotopic (exact) mass is 264 g/mol. The molecule has 0 bridgehead atoms. The van der Waals surface area contributed by atoms with Crippen molar-refractivity contribution in [1.82, 2.24) is 0 Å². The standard InChI is InChI=1S/C16H28N2O/c1-11-9-14(12(2)13(3)15(11)19-6)18-10-16(4,5)7-8-17/h9,18H,7-8,10,17H2,1-6H3. The molecule has 0 atom stereocenters. The van der Waals surface area contributed by atoms with Crippen molar-refractivity contribution in [3.05, 3.63) is 22.8 Å². The van der Waals surface area contributed by atoms with Gasteiger partial charge in [-0.25, -0.2) is 0 Å². The van der Waals surface area contributed by atoms with Crippen LogP contribution in [-0.4, -0.2) is 20.2 Å². The molecule has 108 valence electrons. The number of methoxy groups -OCH3 is 1. The van der Waals surface area contributed by atoms with Gasteiger partial charge in [0.2, 0.25) is 0 Å². The molecule has 0 saturated heterocycles. The molecule has 0 aromatic heterocycles. The van der Waals surface area contributed by atoms with Gasteiger partial charge in [-0.15, -0.1) is 0 Å². The summed E-state index contributed by atoms with van der Waals surface area (Å²) in [5.41, 5.74) is 10.7. The van der Waals surface area contributed by atoms with E-state index in [1.807, 2.05) is 0 Å². The number of hydrogen-bond acceptors (Lipinski definition) is 3. The van der Waals surface area contributed by atoms with Crippen LogP contribution in [0.3, 0.4) is 0 Å². The van der Waals surface area contributed by atoms with Gasteiger partial charge in [-0.05, 0) is 61.9 Å². The molecule has 19 heavy (non-hydrogen) atoms. The van der Waals surface area contributed by atoms with Crippen molar-refractivity contribution >= 4 is 5.69 Å². The van der Waals surface area contributed by atoms with Crippen molar-refractivity contribution in [2.75, 3.05) is 25.5 Å². The number of nitrogens with two attached hydrogens (primary N) is 1. The normalized spacial score (nSPS) is 11.5. The van der Waals surface area contributed by atoms with E-state index in [2.05, 4.69) is 46.0 Å². The van der Waals surface area contributed by atoms with Gasteiger partial charge in [-0.1, -0.05) is 13.8 Å². The average molecular weight is 264 g/mol. The first-order valence-electron chi connectivity index (χ1n) is 6.91. The molecule has 0 spiro atoms. The van der Waals surface area contributed by atoms with Crippen LogP contribution in [0.1, 0.15) is 37.0 Å². The van der Waals surface area contributed by atoms with Gasteiger partial charge in [0, 0.05) is 12.2 Å². The number of anilines is 1. The van der Waals surface area contributed by atoms with E-state index in [1.54, 1.807) is 7.11 Å². The van der Waals surface area contributed by atoms with Gasteiger partial charge < -0.3 is 15.8 Å². The van der Waals surface area contributed by atoms with Gasteiger partial charge in [0.1, 0.15) is 5.75 Å². The predicted molar refractivity (Wildman–Crippen MR) is 83.1 cm³/mol. The molecule has 0 radical (unpaired) electrons. The van der Waals surface area contributed by atoms with E-state index in [4.69, 9.17) is 10.5 Å². The van der Waals surface area contributed by atoms with E-state index in [-0.39, 0.29) is 5.41 Å². The molecule has 0 unspecified atom stereocenters. The van der Waals surface area contributed by atoms with Crippen LogP contribution in [0.25, 0.3) is 0 Å². The number of aryl methyl sites for hydroxylation is 1. The lowest BCUT2D eigenvalue weighted by Gasteiger charge is -2.26. The third-order valence-corrected chi connectivity index (χ3v) is 3.81. The molecule has 1 rings (SSSR count). The maximum absolute atomic E-state index is 5.66. The lowest BCUT2D eigenvalue weighted by molar-refractivity contribution is 0.365. The molecule has 3 N–H and O–H groups in total. The van der Waals surface area contributed by atoms with Crippen LogP contribution in [0, 0.1) is 26.2 Å². The summed E-state index contributed by atoms with van der Waals surface area (Å²) in [6.45, 7) is 12.5. The number of ether oxygens (including phenoxy) is 1. The Kier molecular flexibility index (Phi) is 5.24. The zero-order valence-electron chi connectivity index (χ0n) is 13.2. The summed E-state index contributed by atoms with van der Waals surface area (Å²) in [5.74, 6) is 0.990. The van der Waals surface area contributed by atoms with Gasteiger partial charge >= 0.3 is 0 Å². The van der Waals surface area contributed by atoms with Crippen LogP contribution in [-0.2, 0) is 0 Å². The number of nitrogens with one attached hydrogen (secondary N) is 1. The first-order chi connectivity index (χ1) is 8.82. The molecule has 3 nitrogen and oxygen atoms in total. The molecule has 1 aromatic rings. The predicted octanol–water partition coefficient (Wildman–Crippen LogP) is 3.41. The van der Waals surface area contributed by atoms with E-state index < -0.39 is 0 Å². The maximum Gasteiger partial charge on any atom is 0.125 e. The van der Waals surface area contributed by atoms with E-state index in [9.17, 15) is 0 Å². The topological polar surface area (TPSA) is 47.3 Å². The number of benzene rings is 1. The van der Waals surface area contributed by atoms with Crippen LogP contribution >= 0.6 is 0 Å². The minimum atomic E-state index is 0.211. The first kappa shape index (κ1) is 15.8. The SMILES string of the molecule is COc1c(C)cc(NCC(C)(C)CCN)c(C)c1C. The van der Waals surface area contributed by atoms with E-state index in [0.717, 1.165) is 25.3 Å². The summed E-state index contributed by atoms with van der Waals surface area (Å²) in [6, 6.07) is 2.17. The van der Waals surface area contributed by atoms with Gasteiger partial charge in [-0.2, -0.15) is 0 Å². The lowest BCUT2D eigenvalue weighted by atomic mass is 9.89. The Bertz CT molecular complexity index is 439. The molecule has 3 heteroatoms. The Morgan fingerprint density at radius 3 is 2.37 bits per heavy atom. The van der Waals surface area contributed by atoms with E-state index in [1.165, 1.54) is 22.4 Å². The van der Waals surface area contributed by atoms with Crippen LogP contribution < -0.4 is 15.8 Å². The van der Waals surface area contributed by atoms with Crippen molar-refractivity contribution in [3.8, 4) is 5.75 Å². The van der Waals surface area contributed by atoms with Crippen molar-refractivity contribution in [2.45, 2.75) is 41.0 Å². The van der Waals surface area contributed by atoms with E-state index in [0.29, 0.717) is 0 Å². The highest BCUT2D eigenvalue weighted by Crippen LogP contribution is 2.32. The number of rotatable bonds is 6. The Morgan fingerprint density at radius 2 is 1.84 bits per heavy atom. The summed E-state index contributed by atoms with van der Waals surface area (Å²) < 4.78 is 5.45. The zero-order valence-corrected chi connectivity index (χ0v) is 13.2. The molecule has 0 aliphatic carbocycles. The third kappa shape index (κ3) is 3.87. The third-order valence-electron chi connectivity index (χ3n) is 3.81. The Morgan fingerprint density at radius 1 is 1.21 bits per heavy atom. The second-order valence-electron chi connectivity index (χ2n) is 6.08. The van der Waals surface area contributed by atoms with Gasteiger partial charge in [0.15, 0.2) is 0 Å². The van der Waals surface area contributed by atoms with Crippen molar-refractivity contribution in [1.29, 1.82) is 0 Å². The summed E-state index contributed by atoms with van der Waals surface area (Å²) in [7, 11) is 1.73. The van der Waals surface area contributed by atoms with Gasteiger partial charge in [0.05, 0.1) is 7.11 Å². The minimum absolute atomic E-state index is 0.211. The van der Waals surface area contributed by atoms with Crippen LogP contribution in [0.2, 0.25) is 0 Å². The molecule has 0 amide bonds. The second kappa shape index (κ2) is 6.29. The van der Waals surface area contributed by atoms with Crippen LogP contribution in [0.4, 0.5) is 5.69 Å². The second-order valence-corrected chi connectivity index (χ2v) is 6.08. The maximum atomic E-state index is 5.66. The molecule has 0 aliphatic rings. The quantitative estimate of drug-likeness (QED) is 0.827. The molecular weight excluding hydrogens is 236 g/mol. The fourth-order valence-corrected chi connectivity index (χ4v) is 2.37. The average Bonchev–Trinajstić information content (AvgIpc) is 2.33.